The Hall–Kier alpha value is -2.01. The van der Waals surface area contributed by atoms with E-state index in [1.165, 1.54) is 12.1 Å². The first-order valence-electron chi connectivity index (χ1n) is 6.19. The highest BCUT2D eigenvalue weighted by atomic mass is 32.2. The number of hydrogen-bond donors (Lipinski definition) is 1. The summed E-state index contributed by atoms with van der Waals surface area (Å²) >= 11 is 0. The maximum atomic E-state index is 12.2. The minimum Gasteiger partial charge on any atom is -0.508 e. The summed E-state index contributed by atoms with van der Waals surface area (Å²) in [4.78, 5) is 0.551. The Balaban J connectivity index is 1.90. The van der Waals surface area contributed by atoms with Crippen LogP contribution in [-0.2, 0) is 10.8 Å². The van der Waals surface area contributed by atoms with Crippen molar-refractivity contribution in [2.45, 2.75) is 11.0 Å². The van der Waals surface area contributed by atoms with E-state index in [9.17, 15) is 9.32 Å². The molecule has 0 amide bonds. The van der Waals surface area contributed by atoms with Gasteiger partial charge in [-0.15, -0.1) is 0 Å². The SMILES string of the molecule is COc1ccc(C2CS(=O)c3cc(O)ccc3O2)cc1. The van der Waals surface area contributed by atoms with Crippen LogP contribution in [0.15, 0.2) is 47.4 Å². The van der Waals surface area contributed by atoms with Gasteiger partial charge in [-0.05, 0) is 35.9 Å². The lowest BCUT2D eigenvalue weighted by molar-refractivity contribution is 0.217. The first kappa shape index (κ1) is 13.0. The van der Waals surface area contributed by atoms with Crippen LogP contribution in [0, 0.1) is 0 Å². The van der Waals surface area contributed by atoms with Crippen LogP contribution < -0.4 is 9.47 Å². The van der Waals surface area contributed by atoms with E-state index in [-0.39, 0.29) is 11.9 Å². The van der Waals surface area contributed by atoms with Gasteiger partial charge in [-0.3, -0.25) is 4.21 Å². The van der Waals surface area contributed by atoms with E-state index in [0.29, 0.717) is 16.4 Å². The highest BCUT2D eigenvalue weighted by molar-refractivity contribution is 7.85. The third-order valence-corrected chi connectivity index (χ3v) is 4.65. The molecule has 2 unspecified atom stereocenters. The predicted molar refractivity (Wildman–Crippen MR) is 75.7 cm³/mol. The van der Waals surface area contributed by atoms with E-state index in [0.717, 1.165) is 11.3 Å². The molecule has 1 aliphatic rings. The Morgan fingerprint density at radius 3 is 2.70 bits per heavy atom. The van der Waals surface area contributed by atoms with Crippen LogP contribution in [0.2, 0.25) is 0 Å². The first-order chi connectivity index (χ1) is 9.67. The van der Waals surface area contributed by atoms with Gasteiger partial charge >= 0.3 is 0 Å². The Morgan fingerprint density at radius 2 is 2.00 bits per heavy atom. The largest absolute Gasteiger partial charge is 0.508 e. The Morgan fingerprint density at radius 1 is 1.25 bits per heavy atom. The van der Waals surface area contributed by atoms with Crippen LogP contribution in [0.3, 0.4) is 0 Å². The number of hydrogen-bond acceptors (Lipinski definition) is 4. The molecule has 0 fully saturated rings. The molecule has 0 aliphatic carbocycles. The van der Waals surface area contributed by atoms with Crippen LogP contribution in [0.5, 0.6) is 17.2 Å². The molecule has 0 aromatic heterocycles. The molecule has 0 spiro atoms. The number of fused-ring (bicyclic) bond motifs is 1. The lowest BCUT2D eigenvalue weighted by Gasteiger charge is -2.26. The molecule has 2 aromatic carbocycles. The van der Waals surface area contributed by atoms with Crippen molar-refractivity contribution in [3.8, 4) is 17.2 Å². The monoisotopic (exact) mass is 290 g/mol. The van der Waals surface area contributed by atoms with Gasteiger partial charge in [0.25, 0.3) is 0 Å². The molecule has 20 heavy (non-hydrogen) atoms. The second-order valence-electron chi connectivity index (χ2n) is 4.52. The number of rotatable bonds is 2. The van der Waals surface area contributed by atoms with Gasteiger partial charge in [-0.1, -0.05) is 12.1 Å². The molecule has 104 valence electrons. The van der Waals surface area contributed by atoms with Crippen LogP contribution in [0.4, 0.5) is 0 Å². The number of phenols is 1. The molecular formula is C15H14O4S. The smallest absolute Gasteiger partial charge is 0.136 e. The minimum absolute atomic E-state index is 0.101. The van der Waals surface area contributed by atoms with Crippen LogP contribution >= 0.6 is 0 Å². The molecule has 0 saturated carbocycles. The topological polar surface area (TPSA) is 55.8 Å². The maximum Gasteiger partial charge on any atom is 0.136 e. The molecule has 0 bridgehead atoms. The number of ether oxygens (including phenoxy) is 2. The van der Waals surface area contributed by atoms with Gasteiger partial charge in [0.1, 0.15) is 23.4 Å². The summed E-state index contributed by atoms with van der Waals surface area (Å²) in [6.45, 7) is 0. The third kappa shape index (κ3) is 2.36. The molecule has 3 rings (SSSR count). The zero-order chi connectivity index (χ0) is 14.1. The van der Waals surface area contributed by atoms with Gasteiger partial charge in [-0.2, -0.15) is 0 Å². The number of aromatic hydroxyl groups is 1. The summed E-state index contributed by atoms with van der Waals surface area (Å²) < 4.78 is 23.2. The van der Waals surface area contributed by atoms with Gasteiger partial charge in [0.05, 0.1) is 28.6 Å². The Kier molecular flexibility index (Phi) is 3.36. The van der Waals surface area contributed by atoms with E-state index in [1.807, 2.05) is 24.3 Å². The standard InChI is InChI=1S/C15H14O4S/c1-18-12-5-2-10(3-6-12)14-9-20(17)15-8-11(16)4-7-13(15)19-14/h2-8,14,16H,9H2,1H3. The third-order valence-electron chi connectivity index (χ3n) is 3.23. The van der Waals surface area contributed by atoms with Crippen molar-refractivity contribution in [3.63, 3.8) is 0 Å². The van der Waals surface area contributed by atoms with Gasteiger partial charge in [0, 0.05) is 0 Å². The number of phenolic OH excluding ortho intramolecular Hbond substituents is 1. The molecule has 1 N–H and O–H groups in total. The average Bonchev–Trinajstić information content (AvgIpc) is 2.48. The Labute approximate surface area is 119 Å². The van der Waals surface area contributed by atoms with Gasteiger partial charge in [0.2, 0.25) is 0 Å². The molecule has 5 heteroatoms. The maximum absolute atomic E-state index is 12.2. The Bertz CT molecular complexity index is 651. The van der Waals surface area contributed by atoms with Crippen molar-refractivity contribution in [3.05, 3.63) is 48.0 Å². The van der Waals surface area contributed by atoms with Gasteiger partial charge in [0.15, 0.2) is 0 Å². The van der Waals surface area contributed by atoms with E-state index >= 15 is 0 Å². The summed E-state index contributed by atoms with van der Waals surface area (Å²) in [5.41, 5.74) is 0.956. The van der Waals surface area contributed by atoms with Crippen molar-refractivity contribution in [2.75, 3.05) is 12.9 Å². The predicted octanol–water partition coefficient (Wildman–Crippen LogP) is 2.64. The fraction of sp³-hybridized carbons (Fsp3) is 0.200. The molecule has 2 atom stereocenters. The molecular weight excluding hydrogens is 276 g/mol. The van der Waals surface area contributed by atoms with Crippen LogP contribution in [0.1, 0.15) is 11.7 Å². The summed E-state index contributed by atoms with van der Waals surface area (Å²) in [6.07, 6.45) is -0.251. The molecule has 2 aromatic rings. The van der Waals surface area contributed by atoms with Crippen molar-refractivity contribution in [1.82, 2.24) is 0 Å². The molecule has 1 heterocycles. The van der Waals surface area contributed by atoms with Crippen LogP contribution in [0.25, 0.3) is 0 Å². The summed E-state index contributed by atoms with van der Waals surface area (Å²) in [5, 5.41) is 9.44. The van der Waals surface area contributed by atoms with E-state index < -0.39 is 10.8 Å². The highest BCUT2D eigenvalue weighted by Gasteiger charge is 2.27. The second kappa shape index (κ2) is 5.17. The molecule has 1 aliphatic heterocycles. The summed E-state index contributed by atoms with van der Waals surface area (Å²) in [5.74, 6) is 1.82. The molecule has 0 saturated heterocycles. The fourth-order valence-electron chi connectivity index (χ4n) is 2.17. The quantitative estimate of drug-likeness (QED) is 0.924. The second-order valence-corrected chi connectivity index (χ2v) is 5.99. The van der Waals surface area contributed by atoms with Crippen LogP contribution in [-0.4, -0.2) is 22.2 Å². The summed E-state index contributed by atoms with van der Waals surface area (Å²) in [7, 11) is 0.436. The number of methoxy groups -OCH3 is 1. The zero-order valence-corrected chi connectivity index (χ0v) is 11.7. The van der Waals surface area contributed by atoms with Crippen molar-refractivity contribution >= 4 is 10.8 Å². The lowest BCUT2D eigenvalue weighted by Crippen LogP contribution is -2.21. The average molecular weight is 290 g/mol. The fourth-order valence-corrected chi connectivity index (χ4v) is 3.48. The molecule has 0 radical (unpaired) electrons. The highest BCUT2D eigenvalue weighted by Crippen LogP contribution is 2.36. The van der Waals surface area contributed by atoms with Crippen molar-refractivity contribution in [1.29, 1.82) is 0 Å². The lowest BCUT2D eigenvalue weighted by atomic mass is 10.1. The van der Waals surface area contributed by atoms with E-state index in [1.54, 1.807) is 13.2 Å². The van der Waals surface area contributed by atoms with E-state index in [4.69, 9.17) is 9.47 Å². The normalized spacial score (nSPS) is 20.9. The number of benzene rings is 2. The molecule has 4 nitrogen and oxygen atoms in total. The van der Waals surface area contributed by atoms with Crippen molar-refractivity contribution < 1.29 is 18.8 Å². The van der Waals surface area contributed by atoms with Gasteiger partial charge in [-0.25, -0.2) is 0 Å². The zero-order valence-electron chi connectivity index (χ0n) is 10.9. The first-order valence-corrected chi connectivity index (χ1v) is 7.51. The summed E-state index contributed by atoms with van der Waals surface area (Å²) in [6, 6.07) is 12.2. The van der Waals surface area contributed by atoms with Crippen molar-refractivity contribution in [2.24, 2.45) is 0 Å². The van der Waals surface area contributed by atoms with E-state index in [2.05, 4.69) is 0 Å². The minimum atomic E-state index is -1.18. The van der Waals surface area contributed by atoms with Gasteiger partial charge < -0.3 is 14.6 Å².